The topological polar surface area (TPSA) is 57.7 Å². The van der Waals surface area contributed by atoms with Gasteiger partial charge in [0.1, 0.15) is 28.8 Å². The van der Waals surface area contributed by atoms with Crippen LogP contribution in [0, 0.1) is 18.7 Å². The van der Waals surface area contributed by atoms with Crippen molar-refractivity contribution in [3.8, 4) is 16.3 Å². The largest absolute Gasteiger partial charge is 0.491 e. The molecule has 1 saturated carbocycles. The highest BCUT2D eigenvalue weighted by atomic mass is 32.1. The van der Waals surface area contributed by atoms with Crippen LogP contribution in [0.3, 0.4) is 0 Å². The Morgan fingerprint density at radius 2 is 2.28 bits per heavy atom. The van der Waals surface area contributed by atoms with E-state index in [9.17, 15) is 9.18 Å². The third-order valence-electron chi connectivity index (χ3n) is 4.75. The highest BCUT2D eigenvalue weighted by Gasteiger charge is 2.52. The van der Waals surface area contributed by atoms with E-state index >= 15 is 0 Å². The van der Waals surface area contributed by atoms with Crippen molar-refractivity contribution in [1.29, 1.82) is 0 Å². The molecule has 3 heterocycles. The standard InChI is InChI=1S/C18H18FNO4S/c1-10-7-20-16(25-10)13-3-12(4-14(15(13)19)17(21)22-2)23-9-18-5-11(6-18)8-24-18/h3-4,7,11H,5-6,8-9H2,1-2H3. The van der Waals surface area contributed by atoms with Crippen LogP contribution >= 0.6 is 11.3 Å². The summed E-state index contributed by atoms with van der Waals surface area (Å²) in [6, 6.07) is 2.97. The maximum absolute atomic E-state index is 14.8. The van der Waals surface area contributed by atoms with Gasteiger partial charge in [-0.25, -0.2) is 14.2 Å². The van der Waals surface area contributed by atoms with E-state index in [0.29, 0.717) is 23.3 Å². The van der Waals surface area contributed by atoms with Gasteiger partial charge in [-0.15, -0.1) is 11.3 Å². The first kappa shape index (κ1) is 16.5. The molecule has 0 radical (unpaired) electrons. The Balaban J connectivity index is 1.66. The van der Waals surface area contributed by atoms with Crippen molar-refractivity contribution in [2.75, 3.05) is 20.3 Å². The summed E-state index contributed by atoms with van der Waals surface area (Å²) in [6.45, 7) is 3.07. The molecule has 0 atom stereocenters. The number of thiazole rings is 1. The molecule has 3 aliphatic rings. The number of esters is 1. The monoisotopic (exact) mass is 363 g/mol. The molecule has 1 aromatic carbocycles. The number of carbonyl (C=O) groups is 1. The van der Waals surface area contributed by atoms with Gasteiger partial charge in [-0.2, -0.15) is 0 Å². The minimum absolute atomic E-state index is 0.154. The third kappa shape index (κ3) is 2.91. The average Bonchev–Trinajstić information content (AvgIpc) is 3.28. The second-order valence-corrected chi connectivity index (χ2v) is 7.89. The lowest BCUT2D eigenvalue weighted by Gasteiger charge is -2.35. The maximum atomic E-state index is 14.8. The fraction of sp³-hybridized carbons (Fsp3) is 0.444. The molecule has 1 aromatic heterocycles. The SMILES string of the molecule is COC(=O)c1cc(OCC23CC(CO2)C3)cc(-c2ncc(C)s2)c1F. The second-order valence-electron chi connectivity index (χ2n) is 6.66. The second kappa shape index (κ2) is 6.07. The normalized spacial score (nSPS) is 24.0. The van der Waals surface area contributed by atoms with Crippen molar-refractivity contribution < 1.29 is 23.4 Å². The summed E-state index contributed by atoms with van der Waals surface area (Å²) in [5, 5.41) is 0.504. The van der Waals surface area contributed by atoms with Crippen molar-refractivity contribution >= 4 is 17.3 Å². The summed E-state index contributed by atoms with van der Waals surface area (Å²) in [4.78, 5) is 17.1. The number of halogens is 1. The van der Waals surface area contributed by atoms with Gasteiger partial charge in [0.05, 0.1) is 24.8 Å². The number of carbonyl (C=O) groups excluding carboxylic acids is 1. The molecule has 3 fully saturated rings. The van der Waals surface area contributed by atoms with Crippen LogP contribution in [0.2, 0.25) is 0 Å². The Kier molecular flexibility index (Phi) is 4.00. The van der Waals surface area contributed by atoms with Crippen LogP contribution in [-0.4, -0.2) is 36.9 Å². The minimum Gasteiger partial charge on any atom is -0.491 e. The molecule has 0 unspecified atom stereocenters. The third-order valence-corrected chi connectivity index (χ3v) is 5.70. The molecule has 132 valence electrons. The molecular weight excluding hydrogens is 345 g/mol. The lowest BCUT2D eigenvalue weighted by atomic mass is 9.75. The van der Waals surface area contributed by atoms with Crippen molar-refractivity contribution in [2.24, 2.45) is 5.92 Å². The van der Waals surface area contributed by atoms with Crippen LogP contribution in [-0.2, 0) is 9.47 Å². The van der Waals surface area contributed by atoms with E-state index in [1.54, 1.807) is 12.3 Å². The van der Waals surface area contributed by atoms with E-state index in [0.717, 1.165) is 24.3 Å². The van der Waals surface area contributed by atoms with Gasteiger partial charge >= 0.3 is 5.97 Å². The number of aromatic nitrogens is 1. The number of fused-ring (bicyclic) bond motifs is 1. The van der Waals surface area contributed by atoms with E-state index in [1.807, 2.05) is 6.92 Å². The van der Waals surface area contributed by atoms with Crippen LogP contribution < -0.4 is 4.74 Å². The number of benzene rings is 1. The van der Waals surface area contributed by atoms with Crippen LogP contribution in [0.15, 0.2) is 18.3 Å². The first-order valence-corrected chi connectivity index (χ1v) is 8.93. The molecular formula is C18H18FNO4S. The zero-order chi connectivity index (χ0) is 17.6. The maximum Gasteiger partial charge on any atom is 0.341 e. The number of nitrogens with zero attached hydrogens (tertiary/aromatic N) is 1. The number of hydrogen-bond donors (Lipinski definition) is 0. The number of rotatable bonds is 5. The summed E-state index contributed by atoms with van der Waals surface area (Å²) in [7, 11) is 1.22. The van der Waals surface area contributed by atoms with Gasteiger partial charge in [0, 0.05) is 11.1 Å². The molecule has 5 nitrogen and oxygen atoms in total. The molecule has 5 rings (SSSR count). The predicted octanol–water partition coefficient (Wildman–Crippen LogP) is 3.60. The van der Waals surface area contributed by atoms with E-state index in [-0.39, 0.29) is 16.7 Å². The Hall–Kier alpha value is -1.99. The van der Waals surface area contributed by atoms with Crippen molar-refractivity contribution in [3.05, 3.63) is 34.6 Å². The number of aryl methyl sites for hydroxylation is 1. The van der Waals surface area contributed by atoms with Gasteiger partial charge in [-0.05, 0) is 37.8 Å². The molecule has 0 spiro atoms. The quantitative estimate of drug-likeness (QED) is 0.760. The van der Waals surface area contributed by atoms with Gasteiger partial charge in [0.25, 0.3) is 0 Å². The average molecular weight is 363 g/mol. The first-order valence-electron chi connectivity index (χ1n) is 8.11. The smallest absolute Gasteiger partial charge is 0.341 e. The van der Waals surface area contributed by atoms with E-state index < -0.39 is 11.8 Å². The van der Waals surface area contributed by atoms with Gasteiger partial charge in [-0.3, -0.25) is 0 Å². The Morgan fingerprint density at radius 3 is 2.88 bits per heavy atom. The van der Waals surface area contributed by atoms with Crippen LogP contribution in [0.1, 0.15) is 28.1 Å². The molecule has 2 aromatic rings. The molecule has 0 amide bonds. The van der Waals surface area contributed by atoms with Crippen LogP contribution in [0.25, 0.3) is 10.6 Å². The highest BCUT2D eigenvalue weighted by Crippen LogP contribution is 2.48. The number of ether oxygens (including phenoxy) is 3. The minimum atomic E-state index is -0.739. The van der Waals surface area contributed by atoms with Crippen LogP contribution in [0.4, 0.5) is 4.39 Å². The number of hydrogen-bond acceptors (Lipinski definition) is 6. The van der Waals surface area contributed by atoms with Crippen molar-refractivity contribution in [3.63, 3.8) is 0 Å². The van der Waals surface area contributed by atoms with E-state index in [4.69, 9.17) is 14.2 Å². The fourth-order valence-electron chi connectivity index (χ4n) is 3.47. The van der Waals surface area contributed by atoms with Gasteiger partial charge < -0.3 is 14.2 Å². The highest BCUT2D eigenvalue weighted by molar-refractivity contribution is 7.14. The number of methoxy groups -OCH3 is 1. The predicted molar refractivity (Wildman–Crippen MR) is 90.5 cm³/mol. The van der Waals surface area contributed by atoms with E-state index in [1.165, 1.54) is 24.5 Å². The molecule has 25 heavy (non-hydrogen) atoms. The molecule has 2 bridgehead atoms. The first-order chi connectivity index (χ1) is 12.0. The molecule has 1 aliphatic carbocycles. The summed E-state index contributed by atoms with van der Waals surface area (Å²) >= 11 is 1.36. The molecule has 7 heteroatoms. The Labute approximate surface area is 148 Å². The molecule has 2 saturated heterocycles. The van der Waals surface area contributed by atoms with Gasteiger partial charge in [0.15, 0.2) is 0 Å². The zero-order valence-corrected chi connectivity index (χ0v) is 14.8. The summed E-state index contributed by atoms with van der Waals surface area (Å²) < 4.78 is 31.1. The van der Waals surface area contributed by atoms with E-state index in [2.05, 4.69) is 4.98 Å². The zero-order valence-electron chi connectivity index (χ0n) is 14.0. The lowest BCUT2D eigenvalue weighted by molar-refractivity contribution is -0.0358. The fourth-order valence-corrected chi connectivity index (χ4v) is 4.25. The van der Waals surface area contributed by atoms with Gasteiger partial charge in [-0.1, -0.05) is 0 Å². The van der Waals surface area contributed by atoms with Crippen LogP contribution in [0.5, 0.6) is 5.75 Å². The van der Waals surface area contributed by atoms with Crippen molar-refractivity contribution in [1.82, 2.24) is 4.98 Å². The summed E-state index contributed by atoms with van der Waals surface area (Å²) in [6.07, 6.45) is 3.66. The lowest BCUT2D eigenvalue weighted by Crippen LogP contribution is -2.42. The van der Waals surface area contributed by atoms with Gasteiger partial charge in [0.2, 0.25) is 0 Å². The Bertz CT molecular complexity index is 823. The molecule has 2 aliphatic heterocycles. The summed E-state index contributed by atoms with van der Waals surface area (Å²) in [5.74, 6) is -0.335. The Morgan fingerprint density at radius 1 is 1.48 bits per heavy atom. The molecule has 0 N–H and O–H groups in total. The van der Waals surface area contributed by atoms with Crippen molar-refractivity contribution in [2.45, 2.75) is 25.4 Å². The summed E-state index contributed by atoms with van der Waals surface area (Å²) in [5.41, 5.74) is -0.130.